The van der Waals surface area contributed by atoms with Crippen LogP contribution in [0, 0.1) is 5.82 Å². The molecule has 0 saturated heterocycles. The van der Waals surface area contributed by atoms with Crippen LogP contribution in [-0.4, -0.2) is 65.3 Å². The monoisotopic (exact) mass is 585 g/mol. The van der Waals surface area contributed by atoms with Gasteiger partial charge in [-0.3, -0.25) is 8.98 Å². The van der Waals surface area contributed by atoms with Gasteiger partial charge in [-0.1, -0.05) is 6.07 Å². The molecule has 0 amide bonds. The summed E-state index contributed by atoms with van der Waals surface area (Å²) in [6.07, 6.45) is 0.666. The Kier molecular flexibility index (Phi) is 7.80. The zero-order chi connectivity index (χ0) is 26.0. The van der Waals surface area contributed by atoms with E-state index in [1.54, 1.807) is 35.2 Å². The van der Waals surface area contributed by atoms with E-state index >= 15 is 0 Å². The largest absolute Gasteiger partial charge is 0.387 e. The van der Waals surface area contributed by atoms with Crippen molar-refractivity contribution in [3.05, 3.63) is 76.2 Å². The van der Waals surface area contributed by atoms with Crippen molar-refractivity contribution in [2.45, 2.75) is 37.4 Å². The van der Waals surface area contributed by atoms with Crippen LogP contribution in [-0.2, 0) is 21.0 Å². The number of anilines is 1. The Bertz CT molecular complexity index is 1370. The van der Waals surface area contributed by atoms with Crippen LogP contribution in [0.15, 0.2) is 53.7 Å². The predicted octanol–water partition coefficient (Wildman–Crippen LogP) is 2.19. The predicted molar refractivity (Wildman–Crippen MR) is 129 cm³/mol. The van der Waals surface area contributed by atoms with Gasteiger partial charge in [-0.25, -0.2) is 18.7 Å². The molecule has 192 valence electrons. The number of hydrogen-bond donors (Lipinski definition) is 3. The molecular weight excluding hydrogens is 564 g/mol. The van der Waals surface area contributed by atoms with E-state index in [1.165, 1.54) is 18.6 Å². The van der Waals surface area contributed by atoms with Crippen molar-refractivity contribution in [3.63, 3.8) is 0 Å². The molecule has 1 aliphatic carbocycles. The molecule has 1 aromatic carbocycles. The average molecular weight is 586 g/mol. The lowest BCUT2D eigenvalue weighted by atomic mass is 10.1. The van der Waals surface area contributed by atoms with Gasteiger partial charge in [-0.15, -0.1) is 0 Å². The van der Waals surface area contributed by atoms with Gasteiger partial charge >= 0.3 is 10.3 Å². The van der Waals surface area contributed by atoms with Gasteiger partial charge in [0.05, 0.1) is 16.1 Å². The van der Waals surface area contributed by atoms with E-state index in [0.29, 0.717) is 16.6 Å². The number of aromatic nitrogens is 3. The highest BCUT2D eigenvalue weighted by atomic mass is 79.9. The molecule has 10 nitrogen and oxygen atoms in total. The molecule has 3 N–H and O–H groups in total. The summed E-state index contributed by atoms with van der Waals surface area (Å²) in [7, 11) is -3.02. The zero-order valence-corrected chi connectivity index (χ0v) is 21.2. The molecule has 0 aliphatic heterocycles. The summed E-state index contributed by atoms with van der Waals surface area (Å²) in [6.45, 7) is 0.392. The minimum absolute atomic E-state index is 0.0298. The quantitative estimate of drug-likeness (QED) is 0.325. The molecule has 1 fully saturated rings. The summed E-state index contributed by atoms with van der Waals surface area (Å²) in [5.74, 6) is -0.781. The first-order valence-electron chi connectivity index (χ1n) is 10.7. The smallest absolute Gasteiger partial charge is 0.335 e. The molecule has 0 radical (unpaired) electrons. The highest BCUT2D eigenvalue weighted by Crippen LogP contribution is 2.30. The molecule has 2 heterocycles. The number of nitrogens with one attached hydrogen (secondary N) is 2. The number of carbonyl (C=O) groups is 1. The second-order valence-electron chi connectivity index (χ2n) is 8.15. The fraction of sp³-hybridized carbons (Fsp3) is 0.318. The summed E-state index contributed by atoms with van der Waals surface area (Å²) < 4.78 is 60.4. The Morgan fingerprint density at radius 1 is 1.36 bits per heavy atom. The highest BCUT2D eigenvalue weighted by molar-refractivity contribution is 9.10. The lowest BCUT2D eigenvalue weighted by Crippen LogP contribution is -2.35. The number of nitrogens with zero attached hydrogens (tertiary/aromatic N) is 3. The first kappa shape index (κ1) is 26.3. The molecule has 0 unspecified atom stereocenters. The number of aliphatic hydroxyl groups excluding tert-OH is 1. The lowest BCUT2D eigenvalue weighted by molar-refractivity contribution is 0.0248. The van der Waals surface area contributed by atoms with E-state index in [0.717, 1.165) is 12.6 Å². The molecular formula is C22H22BrF2N5O5S. The van der Waals surface area contributed by atoms with Gasteiger partial charge < -0.3 is 15.0 Å². The maximum absolute atomic E-state index is 14.7. The van der Waals surface area contributed by atoms with Crippen molar-refractivity contribution in [3.8, 4) is 0 Å². The Balaban J connectivity index is 1.49. The van der Waals surface area contributed by atoms with Crippen molar-refractivity contribution in [2.24, 2.45) is 0 Å². The molecule has 0 spiro atoms. The Hall–Kier alpha value is -2.78. The minimum atomic E-state index is -4.15. The Morgan fingerprint density at radius 2 is 2.14 bits per heavy atom. The fourth-order valence-corrected chi connectivity index (χ4v) is 4.91. The number of carbonyl (C=O) groups excluding carboxylic acids is 1. The second kappa shape index (κ2) is 10.7. The second-order valence-corrected chi connectivity index (χ2v) is 10.5. The summed E-state index contributed by atoms with van der Waals surface area (Å²) in [5.41, 5.74) is 1.20. The number of benzene rings is 1. The number of aliphatic hydroxyl groups is 1. The number of ketones is 1. The molecule has 36 heavy (non-hydrogen) atoms. The SMILES string of the molecule is CNS(=O)(=O)O[C@@H]1C[C@@H](Nc2ncncc2C(=O)c2ccn(Cc3ccc(F)c(Br)c3)c2)[C@@H](F)[C@@H]1O. The van der Waals surface area contributed by atoms with Crippen molar-refractivity contribution in [2.75, 3.05) is 12.4 Å². The molecule has 1 aliphatic rings. The summed E-state index contributed by atoms with van der Waals surface area (Å²) in [6, 6.07) is 5.15. The Labute approximate surface area is 214 Å². The molecule has 3 aromatic rings. The van der Waals surface area contributed by atoms with Crippen LogP contribution in [0.2, 0.25) is 0 Å². The minimum Gasteiger partial charge on any atom is -0.387 e. The van der Waals surface area contributed by atoms with Gasteiger partial charge in [-0.2, -0.15) is 13.1 Å². The van der Waals surface area contributed by atoms with Crippen LogP contribution >= 0.6 is 15.9 Å². The molecule has 4 atom stereocenters. The van der Waals surface area contributed by atoms with E-state index in [4.69, 9.17) is 4.18 Å². The average Bonchev–Trinajstić information content (AvgIpc) is 3.41. The summed E-state index contributed by atoms with van der Waals surface area (Å²) >= 11 is 3.15. The fourth-order valence-electron chi connectivity index (χ4n) is 3.87. The van der Waals surface area contributed by atoms with Crippen LogP contribution in [0.5, 0.6) is 0 Å². The zero-order valence-electron chi connectivity index (χ0n) is 18.8. The van der Waals surface area contributed by atoms with Crippen molar-refractivity contribution >= 4 is 37.8 Å². The first-order chi connectivity index (χ1) is 17.1. The molecule has 14 heteroatoms. The third-order valence-corrected chi connectivity index (χ3v) is 7.33. The standard InChI is InChI=1S/C22H22BrF2N5O5S/c1-26-36(33,34)35-18-7-17(19(25)21(18)32)29-22-14(8-27-11-28-22)20(31)13-4-5-30(10-13)9-12-2-3-16(24)15(23)6-12/h2-6,8,10-11,17-19,21,26,32H,7,9H2,1H3,(H,27,28,29)/t17-,18-,19-,21-/m1/s1. The number of alkyl halides is 1. The van der Waals surface area contributed by atoms with Gasteiger partial charge in [0.25, 0.3) is 0 Å². The van der Waals surface area contributed by atoms with Gasteiger partial charge in [0.1, 0.15) is 36.3 Å². The molecule has 0 bridgehead atoms. The highest BCUT2D eigenvalue weighted by Gasteiger charge is 2.46. The number of halogens is 3. The number of hydrogen-bond acceptors (Lipinski definition) is 8. The maximum Gasteiger partial charge on any atom is 0.335 e. The molecule has 2 aromatic heterocycles. The van der Waals surface area contributed by atoms with Crippen LogP contribution in [0.1, 0.15) is 27.9 Å². The molecule has 1 saturated carbocycles. The molecule has 4 rings (SSSR count). The Morgan fingerprint density at radius 3 is 2.86 bits per heavy atom. The van der Waals surface area contributed by atoms with E-state index in [-0.39, 0.29) is 23.6 Å². The van der Waals surface area contributed by atoms with E-state index < -0.39 is 40.5 Å². The van der Waals surface area contributed by atoms with Crippen molar-refractivity contribution in [1.29, 1.82) is 0 Å². The first-order valence-corrected chi connectivity index (χ1v) is 12.9. The van der Waals surface area contributed by atoms with E-state index in [1.807, 2.05) is 4.72 Å². The van der Waals surface area contributed by atoms with Gasteiger partial charge in [0.2, 0.25) is 0 Å². The van der Waals surface area contributed by atoms with Crippen molar-refractivity contribution < 1.29 is 31.3 Å². The van der Waals surface area contributed by atoms with E-state index in [9.17, 15) is 27.1 Å². The third kappa shape index (κ3) is 5.78. The van der Waals surface area contributed by atoms with Crippen molar-refractivity contribution in [1.82, 2.24) is 19.3 Å². The van der Waals surface area contributed by atoms with Crippen LogP contribution < -0.4 is 10.0 Å². The normalized spacial score (nSPS) is 22.0. The topological polar surface area (TPSA) is 135 Å². The van der Waals surface area contributed by atoms with Gasteiger partial charge in [0, 0.05) is 44.2 Å². The van der Waals surface area contributed by atoms with E-state index in [2.05, 4.69) is 31.2 Å². The van der Waals surface area contributed by atoms with Crippen LogP contribution in [0.3, 0.4) is 0 Å². The van der Waals surface area contributed by atoms with Crippen LogP contribution in [0.4, 0.5) is 14.6 Å². The lowest BCUT2D eigenvalue weighted by Gasteiger charge is -2.17. The van der Waals surface area contributed by atoms with Gasteiger partial charge in [-0.05, 0) is 39.7 Å². The van der Waals surface area contributed by atoms with Crippen LogP contribution in [0.25, 0.3) is 0 Å². The summed E-state index contributed by atoms with van der Waals surface area (Å²) in [4.78, 5) is 21.1. The van der Waals surface area contributed by atoms with Gasteiger partial charge in [0.15, 0.2) is 5.78 Å². The number of rotatable bonds is 9. The third-order valence-electron chi connectivity index (χ3n) is 5.72. The maximum atomic E-state index is 14.7. The summed E-state index contributed by atoms with van der Waals surface area (Å²) in [5, 5.41) is 12.9.